The first-order chi connectivity index (χ1) is 21.5. The summed E-state index contributed by atoms with van der Waals surface area (Å²) >= 11 is 0. The summed E-state index contributed by atoms with van der Waals surface area (Å²) in [4.78, 5) is 43.9. The lowest BCUT2D eigenvalue weighted by Crippen LogP contribution is -2.48. The summed E-state index contributed by atoms with van der Waals surface area (Å²) in [5, 5.41) is 11.9. The number of hydrogen-bond donors (Lipinski definition) is 3. The van der Waals surface area contributed by atoms with Crippen molar-refractivity contribution in [2.24, 2.45) is 0 Å². The zero-order valence-corrected chi connectivity index (χ0v) is 29.3. The van der Waals surface area contributed by atoms with E-state index in [9.17, 15) is 14.4 Å². The van der Waals surface area contributed by atoms with E-state index < -0.39 is 19.0 Å². The van der Waals surface area contributed by atoms with E-state index in [-0.39, 0.29) is 17.7 Å². The third-order valence-electron chi connectivity index (χ3n) is 9.26. The molecular weight excluding hydrogens is 597 g/mol. The molecule has 1 aliphatic heterocycles. The van der Waals surface area contributed by atoms with Gasteiger partial charge in [-0.25, -0.2) is 4.68 Å². The predicted molar refractivity (Wildman–Crippen MR) is 183 cm³/mol. The van der Waals surface area contributed by atoms with Gasteiger partial charge in [-0.2, -0.15) is 5.10 Å². The second kappa shape index (κ2) is 11.4. The van der Waals surface area contributed by atoms with Crippen LogP contribution in [0.25, 0.3) is 22.3 Å². The van der Waals surface area contributed by atoms with E-state index in [4.69, 9.17) is 9.84 Å². The van der Waals surface area contributed by atoms with Gasteiger partial charge in [-0.3, -0.25) is 19.3 Å². The number of carbonyl (C=O) groups is 3. The van der Waals surface area contributed by atoms with Crippen molar-refractivity contribution in [1.29, 1.82) is 0 Å². The molecule has 244 valence electrons. The topological polar surface area (TPSA) is 121 Å². The molecule has 1 unspecified atom stereocenters. The molecule has 1 aromatic carbocycles. The molecule has 0 bridgehead atoms. The number of amides is 3. The van der Waals surface area contributed by atoms with Gasteiger partial charge in [-0.15, -0.1) is 0 Å². The van der Waals surface area contributed by atoms with E-state index in [0.717, 1.165) is 71.2 Å². The Morgan fingerprint density at radius 1 is 1.11 bits per heavy atom. The van der Waals surface area contributed by atoms with Crippen molar-refractivity contribution in [1.82, 2.24) is 25.4 Å². The van der Waals surface area contributed by atoms with Crippen molar-refractivity contribution in [2.75, 3.05) is 11.5 Å². The maximum atomic E-state index is 14.2. The summed E-state index contributed by atoms with van der Waals surface area (Å²) in [6.07, 6.45) is 9.02. The van der Waals surface area contributed by atoms with Crippen LogP contribution < -0.4 is 15.5 Å². The van der Waals surface area contributed by atoms with Crippen LogP contribution in [0, 0.1) is 0 Å². The van der Waals surface area contributed by atoms with E-state index in [1.165, 1.54) is 25.0 Å². The lowest BCUT2D eigenvalue weighted by Gasteiger charge is -2.36. The first-order valence-corrected chi connectivity index (χ1v) is 19.9. The van der Waals surface area contributed by atoms with Crippen LogP contribution in [0.2, 0.25) is 25.7 Å². The zero-order valence-electron chi connectivity index (χ0n) is 28.3. The second-order valence-electron chi connectivity index (χ2n) is 15.1. The molecule has 3 amide bonds. The summed E-state index contributed by atoms with van der Waals surface area (Å²) in [6, 6.07) is 5.38. The van der Waals surface area contributed by atoms with Crippen LogP contribution in [0.5, 0.6) is 0 Å². The number of aryl methyl sites for hydroxylation is 2. The van der Waals surface area contributed by atoms with Crippen molar-refractivity contribution in [3.8, 4) is 11.4 Å². The fourth-order valence-electron chi connectivity index (χ4n) is 7.08. The lowest BCUT2D eigenvalue weighted by atomic mass is 9.85. The molecule has 10 nitrogen and oxygen atoms in total. The number of nitrogens with one attached hydrogen (secondary N) is 3. The fourth-order valence-corrected chi connectivity index (χ4v) is 7.84. The van der Waals surface area contributed by atoms with Gasteiger partial charge in [0.25, 0.3) is 0 Å². The van der Waals surface area contributed by atoms with E-state index in [0.29, 0.717) is 18.8 Å². The summed E-state index contributed by atoms with van der Waals surface area (Å²) in [5.41, 5.74) is 6.87. The molecule has 0 radical (unpaired) electrons. The Hall–Kier alpha value is -3.96. The molecular formula is C35H46N6O4Si. The summed E-state index contributed by atoms with van der Waals surface area (Å²) < 4.78 is 7.92. The largest absolute Gasteiger partial charge is 0.360 e. The number of benzene rings is 1. The number of aromatic amines is 1. The van der Waals surface area contributed by atoms with Crippen molar-refractivity contribution in [2.45, 2.75) is 104 Å². The van der Waals surface area contributed by atoms with Crippen LogP contribution >= 0.6 is 0 Å². The molecule has 6 rings (SSSR count). The second-order valence-corrected chi connectivity index (χ2v) is 20.7. The normalized spacial score (nSPS) is 20.4. The molecule has 0 spiro atoms. The number of allylic oxidation sites excluding steroid dienone is 1. The highest BCUT2D eigenvalue weighted by molar-refractivity contribution is 6.76. The van der Waals surface area contributed by atoms with Gasteiger partial charge in [0.05, 0.1) is 22.3 Å². The Bertz CT molecular complexity index is 1820. The first kappa shape index (κ1) is 32.0. The van der Waals surface area contributed by atoms with Crippen molar-refractivity contribution < 1.29 is 19.1 Å². The number of carbonyl (C=O) groups excluding carboxylic acids is 3. The van der Waals surface area contributed by atoms with Crippen LogP contribution in [0.15, 0.2) is 41.9 Å². The summed E-state index contributed by atoms with van der Waals surface area (Å²) in [6.45, 7) is 17.0. The maximum Gasteiger partial charge on any atom is 0.241 e. The fraction of sp³-hybridized carbons (Fsp3) is 0.486. The highest BCUT2D eigenvalue weighted by Crippen LogP contribution is 2.48. The SMILES string of the molecule is CC(=O)NC1=CC(C)(NC(C)=O)CC(N2C(=O)C(C)(C)c3cc4[nH]c5c(c4cc32)CCCc2cn(COCC[Si](C)(C)C)nc2-5)=C1. The molecule has 3 N–H and O–H groups in total. The number of fused-ring (bicyclic) bond motifs is 6. The van der Waals surface area contributed by atoms with Crippen molar-refractivity contribution >= 4 is 42.4 Å². The quantitative estimate of drug-likeness (QED) is 0.216. The van der Waals surface area contributed by atoms with Crippen molar-refractivity contribution in [3.63, 3.8) is 0 Å². The third kappa shape index (κ3) is 5.98. The van der Waals surface area contributed by atoms with Gasteiger partial charge < -0.3 is 20.4 Å². The molecule has 0 saturated heterocycles. The Balaban J connectivity index is 1.40. The van der Waals surface area contributed by atoms with Gasteiger partial charge in [0.2, 0.25) is 17.7 Å². The number of anilines is 1. The first-order valence-electron chi connectivity index (χ1n) is 16.2. The molecule has 0 saturated carbocycles. The van der Waals surface area contributed by atoms with E-state index in [1.807, 2.05) is 37.6 Å². The molecule has 2 aliphatic carbocycles. The van der Waals surface area contributed by atoms with E-state index >= 15 is 0 Å². The number of aromatic nitrogens is 3. The number of ether oxygens (including phenoxy) is 1. The average Bonchev–Trinajstić information content (AvgIpc) is 3.50. The summed E-state index contributed by atoms with van der Waals surface area (Å²) in [7, 11) is -1.16. The number of H-pyrrole nitrogens is 1. The van der Waals surface area contributed by atoms with Crippen LogP contribution in [-0.4, -0.2) is 52.7 Å². The molecule has 0 fully saturated rings. The van der Waals surface area contributed by atoms with Crippen LogP contribution in [0.1, 0.15) is 64.2 Å². The highest BCUT2D eigenvalue weighted by Gasteiger charge is 2.47. The average molecular weight is 643 g/mol. The minimum Gasteiger partial charge on any atom is -0.360 e. The Labute approximate surface area is 271 Å². The van der Waals surface area contributed by atoms with Crippen LogP contribution in [0.3, 0.4) is 0 Å². The Morgan fingerprint density at radius 3 is 2.57 bits per heavy atom. The molecule has 3 aromatic rings. The minimum absolute atomic E-state index is 0.0445. The number of rotatable bonds is 8. The zero-order chi connectivity index (χ0) is 33.2. The monoisotopic (exact) mass is 642 g/mol. The molecule has 46 heavy (non-hydrogen) atoms. The molecule has 11 heteroatoms. The molecule has 3 aliphatic rings. The molecule has 2 aromatic heterocycles. The van der Waals surface area contributed by atoms with Gasteiger partial charge in [0, 0.05) is 63.4 Å². The van der Waals surface area contributed by atoms with Gasteiger partial charge >= 0.3 is 0 Å². The van der Waals surface area contributed by atoms with Gasteiger partial charge in [-0.05, 0) is 87.1 Å². The van der Waals surface area contributed by atoms with E-state index in [2.05, 4.69) is 53.6 Å². The Morgan fingerprint density at radius 2 is 1.87 bits per heavy atom. The van der Waals surface area contributed by atoms with Crippen LogP contribution in [-0.2, 0) is 44.1 Å². The standard InChI is InChI=1S/C35H46N6O4Si/c1-21(42)36-24-14-25(18-35(5,17-24)38-22(2)43)41-30-15-27-26-11-9-10-23-19-40(20-45-12-13-46(6,7)8)39-31(23)32(26)37-29(27)16-28(30)34(3,4)33(41)44/h14-17,19,37H,9-13,18,20H2,1-8H3,(H,36,42)(H,38,43). The number of nitrogens with zero attached hydrogens (tertiary/aromatic N) is 3. The van der Waals surface area contributed by atoms with Gasteiger partial charge in [0.1, 0.15) is 12.4 Å². The summed E-state index contributed by atoms with van der Waals surface area (Å²) in [5.74, 6) is -0.455. The van der Waals surface area contributed by atoms with Gasteiger partial charge in [-0.1, -0.05) is 19.6 Å². The Kier molecular flexibility index (Phi) is 7.91. The van der Waals surface area contributed by atoms with Crippen molar-refractivity contribution in [3.05, 3.63) is 58.6 Å². The smallest absolute Gasteiger partial charge is 0.241 e. The highest BCUT2D eigenvalue weighted by atomic mass is 28.3. The molecule has 1 atom stereocenters. The minimum atomic E-state index is -1.16. The maximum absolute atomic E-state index is 14.2. The van der Waals surface area contributed by atoms with Gasteiger partial charge in [0.15, 0.2) is 0 Å². The number of hydrogen-bond acceptors (Lipinski definition) is 5. The molecule has 3 heterocycles. The van der Waals surface area contributed by atoms with E-state index in [1.54, 1.807) is 4.90 Å². The predicted octanol–water partition coefficient (Wildman–Crippen LogP) is 5.66. The van der Waals surface area contributed by atoms with Crippen LogP contribution in [0.4, 0.5) is 5.69 Å². The third-order valence-corrected chi connectivity index (χ3v) is 11.0. The lowest BCUT2D eigenvalue weighted by molar-refractivity contribution is -0.121.